The average Bonchev–Trinajstić information content (AvgIpc) is 2.78. The molecule has 0 saturated carbocycles. The van der Waals surface area contributed by atoms with Crippen LogP contribution in [0.1, 0.15) is 25.5 Å². The summed E-state index contributed by atoms with van der Waals surface area (Å²) < 4.78 is 0. The number of H-pyrrole nitrogens is 1. The first-order valence-corrected chi connectivity index (χ1v) is 6.64. The Balaban J connectivity index is 2.34. The van der Waals surface area contributed by atoms with Crippen LogP contribution < -0.4 is 0 Å². The quantitative estimate of drug-likeness (QED) is 0.702. The fourth-order valence-corrected chi connectivity index (χ4v) is 2.49. The normalized spacial score (nSPS) is 11.4. The Morgan fingerprint density at radius 1 is 1.16 bits per heavy atom. The van der Waals surface area contributed by atoms with Crippen LogP contribution >= 0.6 is 11.6 Å². The highest BCUT2D eigenvalue weighted by Crippen LogP contribution is 2.35. The van der Waals surface area contributed by atoms with Gasteiger partial charge in [-0.05, 0) is 29.7 Å². The minimum atomic E-state index is 0.275. The van der Waals surface area contributed by atoms with Crippen LogP contribution in [0.3, 0.4) is 0 Å². The molecule has 2 aromatic heterocycles. The molecule has 0 atom stereocenters. The van der Waals surface area contributed by atoms with Crippen molar-refractivity contribution in [3.05, 3.63) is 47.5 Å². The molecule has 2 heterocycles. The number of hydrogen-bond donors (Lipinski definition) is 1. The molecule has 3 nitrogen and oxygen atoms in total. The van der Waals surface area contributed by atoms with E-state index in [0.717, 1.165) is 16.8 Å². The third-order valence-electron chi connectivity index (χ3n) is 3.19. The van der Waals surface area contributed by atoms with Crippen LogP contribution in [0.4, 0.5) is 0 Å². The molecule has 1 N–H and O–H groups in total. The molecule has 0 aliphatic carbocycles. The summed E-state index contributed by atoms with van der Waals surface area (Å²) in [5.74, 6) is 0.385. The lowest BCUT2D eigenvalue weighted by molar-refractivity contribution is 0.837. The van der Waals surface area contributed by atoms with Crippen LogP contribution in [0.15, 0.2) is 36.5 Å². The molecule has 3 rings (SSSR count). The van der Waals surface area contributed by atoms with Crippen LogP contribution in [0.25, 0.3) is 22.2 Å². The van der Waals surface area contributed by atoms with Crippen molar-refractivity contribution in [1.82, 2.24) is 15.0 Å². The highest BCUT2D eigenvalue weighted by molar-refractivity contribution is 6.28. The van der Waals surface area contributed by atoms with Crippen LogP contribution in [0.5, 0.6) is 0 Å². The summed E-state index contributed by atoms with van der Waals surface area (Å²) in [4.78, 5) is 11.8. The van der Waals surface area contributed by atoms with E-state index in [2.05, 4.69) is 40.9 Å². The molecule has 1 aromatic carbocycles. The molecule has 0 aliphatic heterocycles. The number of fused-ring (bicyclic) bond motifs is 1. The first kappa shape index (κ1) is 12.2. The molecule has 0 unspecified atom stereocenters. The number of aromatic nitrogens is 3. The second kappa shape index (κ2) is 4.67. The predicted molar refractivity (Wildman–Crippen MR) is 78.4 cm³/mol. The van der Waals surface area contributed by atoms with Crippen LogP contribution in [-0.4, -0.2) is 15.0 Å². The topological polar surface area (TPSA) is 41.6 Å². The monoisotopic (exact) mass is 271 g/mol. The molecular weight excluding hydrogens is 258 g/mol. The maximum atomic E-state index is 5.91. The van der Waals surface area contributed by atoms with Crippen molar-refractivity contribution in [2.24, 2.45) is 0 Å². The van der Waals surface area contributed by atoms with Crippen molar-refractivity contribution in [1.29, 1.82) is 0 Å². The van der Waals surface area contributed by atoms with E-state index in [-0.39, 0.29) is 5.28 Å². The largest absolute Gasteiger partial charge is 0.358 e. The second-order valence-electron chi connectivity index (χ2n) is 4.82. The van der Waals surface area contributed by atoms with Gasteiger partial charge in [-0.15, -0.1) is 0 Å². The number of rotatable bonds is 2. The predicted octanol–water partition coefficient (Wildman–Crippen LogP) is 4.40. The maximum Gasteiger partial charge on any atom is 0.222 e. The Hall–Kier alpha value is -1.87. The van der Waals surface area contributed by atoms with Crippen molar-refractivity contribution in [2.45, 2.75) is 19.8 Å². The van der Waals surface area contributed by atoms with E-state index >= 15 is 0 Å². The van der Waals surface area contributed by atoms with Crippen molar-refractivity contribution in [3.8, 4) is 11.3 Å². The summed E-state index contributed by atoms with van der Waals surface area (Å²) in [6, 6.07) is 10.1. The third kappa shape index (κ3) is 2.10. The number of para-hydroxylation sites is 1. The van der Waals surface area contributed by atoms with Gasteiger partial charge in [0.25, 0.3) is 0 Å². The van der Waals surface area contributed by atoms with E-state index in [4.69, 9.17) is 11.6 Å². The summed E-state index contributed by atoms with van der Waals surface area (Å²) in [6.07, 6.45) is 1.69. The lowest BCUT2D eigenvalue weighted by Gasteiger charge is -2.07. The highest BCUT2D eigenvalue weighted by Gasteiger charge is 2.16. The number of benzene rings is 1. The average molecular weight is 272 g/mol. The van der Waals surface area contributed by atoms with Gasteiger partial charge in [0.05, 0.1) is 5.69 Å². The molecule has 4 heteroatoms. The first-order chi connectivity index (χ1) is 9.16. The molecule has 0 aliphatic rings. The standard InChI is InChI=1S/C15H14ClN3/c1-9(2)14-13(12-7-8-17-15(16)19-12)10-5-3-4-6-11(10)18-14/h3-9,18H,1-2H3. The molecule has 0 radical (unpaired) electrons. The van der Waals surface area contributed by atoms with Crippen molar-refractivity contribution in [3.63, 3.8) is 0 Å². The summed E-state index contributed by atoms with van der Waals surface area (Å²) in [6.45, 7) is 4.33. The SMILES string of the molecule is CC(C)c1[nH]c2ccccc2c1-c1ccnc(Cl)n1. The van der Waals surface area contributed by atoms with Gasteiger partial charge in [-0.2, -0.15) is 0 Å². The van der Waals surface area contributed by atoms with Gasteiger partial charge in [-0.1, -0.05) is 32.0 Å². The molecule has 0 amide bonds. The minimum Gasteiger partial charge on any atom is -0.358 e. The summed E-state index contributed by atoms with van der Waals surface area (Å²) in [7, 11) is 0. The van der Waals surface area contributed by atoms with Gasteiger partial charge in [-0.3, -0.25) is 0 Å². The molecule has 0 bridgehead atoms. The Morgan fingerprint density at radius 2 is 1.95 bits per heavy atom. The van der Waals surface area contributed by atoms with E-state index in [0.29, 0.717) is 5.92 Å². The van der Waals surface area contributed by atoms with Gasteiger partial charge >= 0.3 is 0 Å². The van der Waals surface area contributed by atoms with Gasteiger partial charge < -0.3 is 4.98 Å². The number of aromatic amines is 1. The van der Waals surface area contributed by atoms with Crippen molar-refractivity contribution in [2.75, 3.05) is 0 Å². The zero-order valence-corrected chi connectivity index (χ0v) is 11.6. The molecule has 0 fully saturated rings. The Labute approximate surface area is 116 Å². The lowest BCUT2D eigenvalue weighted by atomic mass is 10.0. The maximum absolute atomic E-state index is 5.91. The Morgan fingerprint density at radius 3 is 2.68 bits per heavy atom. The Bertz CT molecular complexity index is 731. The van der Waals surface area contributed by atoms with Gasteiger partial charge in [0, 0.05) is 28.4 Å². The van der Waals surface area contributed by atoms with Crippen LogP contribution in [0, 0.1) is 0 Å². The van der Waals surface area contributed by atoms with Gasteiger partial charge in [0.15, 0.2) is 0 Å². The van der Waals surface area contributed by atoms with E-state index in [1.807, 2.05) is 18.2 Å². The van der Waals surface area contributed by atoms with Crippen LogP contribution in [0.2, 0.25) is 5.28 Å². The third-order valence-corrected chi connectivity index (χ3v) is 3.38. The second-order valence-corrected chi connectivity index (χ2v) is 5.16. The molecule has 3 aromatic rings. The zero-order chi connectivity index (χ0) is 13.4. The summed E-state index contributed by atoms with van der Waals surface area (Å²) in [5, 5.41) is 1.44. The van der Waals surface area contributed by atoms with Gasteiger partial charge in [-0.25, -0.2) is 9.97 Å². The van der Waals surface area contributed by atoms with Crippen LogP contribution in [-0.2, 0) is 0 Å². The highest BCUT2D eigenvalue weighted by atomic mass is 35.5. The number of nitrogens with zero attached hydrogens (tertiary/aromatic N) is 2. The molecule has 0 spiro atoms. The zero-order valence-electron chi connectivity index (χ0n) is 10.8. The Kier molecular flexibility index (Phi) is 2.99. The molecule has 96 valence electrons. The summed E-state index contributed by atoms with van der Waals surface area (Å²) >= 11 is 5.91. The minimum absolute atomic E-state index is 0.275. The van der Waals surface area contributed by atoms with E-state index in [1.165, 1.54) is 11.1 Å². The summed E-state index contributed by atoms with van der Waals surface area (Å²) in [5.41, 5.74) is 4.28. The fourth-order valence-electron chi connectivity index (χ4n) is 2.35. The molecular formula is C15H14ClN3. The number of halogens is 1. The van der Waals surface area contributed by atoms with Crippen molar-refractivity contribution < 1.29 is 0 Å². The first-order valence-electron chi connectivity index (χ1n) is 6.26. The number of nitrogens with one attached hydrogen (secondary N) is 1. The molecule has 0 saturated heterocycles. The molecule has 19 heavy (non-hydrogen) atoms. The van der Waals surface area contributed by atoms with Gasteiger partial charge in [0.2, 0.25) is 5.28 Å². The fraction of sp³-hybridized carbons (Fsp3) is 0.200. The van der Waals surface area contributed by atoms with E-state index in [1.54, 1.807) is 6.20 Å². The lowest BCUT2D eigenvalue weighted by Crippen LogP contribution is -1.93. The van der Waals surface area contributed by atoms with E-state index in [9.17, 15) is 0 Å². The van der Waals surface area contributed by atoms with Crippen molar-refractivity contribution >= 4 is 22.5 Å². The number of hydrogen-bond acceptors (Lipinski definition) is 2. The smallest absolute Gasteiger partial charge is 0.222 e. The van der Waals surface area contributed by atoms with Gasteiger partial charge in [0.1, 0.15) is 0 Å². The van der Waals surface area contributed by atoms with E-state index < -0.39 is 0 Å².